The number of phenolic OH excluding ortho intramolecular Hbond substituents is 1. The zero-order valence-electron chi connectivity index (χ0n) is 10.4. The monoisotopic (exact) mass is 238 g/mol. The van der Waals surface area contributed by atoms with Crippen molar-refractivity contribution in [3.63, 3.8) is 0 Å². The molecule has 0 aromatic heterocycles. The summed E-state index contributed by atoms with van der Waals surface area (Å²) >= 11 is 0. The van der Waals surface area contributed by atoms with Gasteiger partial charge in [-0.1, -0.05) is 6.92 Å². The van der Waals surface area contributed by atoms with Crippen LogP contribution in [-0.2, 0) is 4.79 Å². The van der Waals surface area contributed by atoms with Crippen LogP contribution in [0.4, 0.5) is 0 Å². The second-order valence-corrected chi connectivity index (χ2v) is 3.81. The van der Waals surface area contributed by atoms with E-state index in [1.807, 2.05) is 13.8 Å². The van der Waals surface area contributed by atoms with E-state index in [1.165, 1.54) is 7.11 Å². The van der Waals surface area contributed by atoms with Gasteiger partial charge in [0, 0.05) is 6.42 Å². The van der Waals surface area contributed by atoms with Crippen molar-refractivity contribution in [2.24, 2.45) is 0 Å². The molecule has 1 atom stereocenters. The molecule has 17 heavy (non-hydrogen) atoms. The van der Waals surface area contributed by atoms with Gasteiger partial charge in [-0.05, 0) is 30.5 Å². The molecule has 4 heteroatoms. The Morgan fingerprint density at radius 1 is 1.47 bits per heavy atom. The zero-order chi connectivity index (χ0) is 12.8. The highest BCUT2D eigenvalue weighted by Gasteiger charge is 2.15. The summed E-state index contributed by atoms with van der Waals surface area (Å²) in [5.41, 5.74) is 0.860. The number of aromatic hydroxyl groups is 1. The molecule has 1 unspecified atom stereocenters. The lowest BCUT2D eigenvalue weighted by Gasteiger charge is -2.15. The SMILES string of the molecule is CCOc1cc(C(C)CC=O)cc(O)c1OC. The van der Waals surface area contributed by atoms with E-state index < -0.39 is 0 Å². The third kappa shape index (κ3) is 3.12. The number of carbonyl (C=O) groups is 1. The molecule has 0 radical (unpaired) electrons. The van der Waals surface area contributed by atoms with E-state index in [9.17, 15) is 9.90 Å². The third-order valence-electron chi connectivity index (χ3n) is 2.58. The number of hydrogen-bond donors (Lipinski definition) is 1. The maximum absolute atomic E-state index is 10.5. The first-order valence-electron chi connectivity index (χ1n) is 5.61. The Morgan fingerprint density at radius 3 is 2.71 bits per heavy atom. The first-order valence-corrected chi connectivity index (χ1v) is 5.61. The molecular weight excluding hydrogens is 220 g/mol. The summed E-state index contributed by atoms with van der Waals surface area (Å²) in [7, 11) is 1.48. The van der Waals surface area contributed by atoms with E-state index in [4.69, 9.17) is 9.47 Å². The summed E-state index contributed by atoms with van der Waals surface area (Å²) < 4.78 is 10.5. The summed E-state index contributed by atoms with van der Waals surface area (Å²) in [6.07, 6.45) is 1.28. The Balaban J connectivity index is 3.13. The van der Waals surface area contributed by atoms with Crippen LogP contribution >= 0.6 is 0 Å². The lowest BCUT2D eigenvalue weighted by Crippen LogP contribution is -2.00. The Hall–Kier alpha value is -1.71. The highest BCUT2D eigenvalue weighted by Crippen LogP contribution is 2.39. The van der Waals surface area contributed by atoms with Crippen LogP contribution in [0.15, 0.2) is 12.1 Å². The summed E-state index contributed by atoms with van der Waals surface area (Å²) in [6, 6.07) is 3.41. The molecule has 0 aliphatic rings. The van der Waals surface area contributed by atoms with E-state index in [0.29, 0.717) is 24.5 Å². The lowest BCUT2D eigenvalue weighted by molar-refractivity contribution is -0.108. The first-order chi connectivity index (χ1) is 8.13. The molecule has 1 rings (SSSR count). The highest BCUT2D eigenvalue weighted by molar-refractivity contribution is 5.56. The van der Waals surface area contributed by atoms with E-state index in [-0.39, 0.29) is 11.7 Å². The van der Waals surface area contributed by atoms with Gasteiger partial charge in [-0.2, -0.15) is 0 Å². The van der Waals surface area contributed by atoms with Gasteiger partial charge in [0.15, 0.2) is 11.5 Å². The summed E-state index contributed by atoms with van der Waals surface area (Å²) in [5, 5.41) is 9.82. The smallest absolute Gasteiger partial charge is 0.203 e. The minimum atomic E-state index is 0.0335. The molecule has 0 fully saturated rings. The number of carbonyl (C=O) groups excluding carboxylic acids is 1. The summed E-state index contributed by atoms with van der Waals surface area (Å²) in [6.45, 7) is 4.27. The van der Waals surface area contributed by atoms with Gasteiger partial charge in [0.05, 0.1) is 13.7 Å². The number of ether oxygens (including phenoxy) is 2. The van der Waals surface area contributed by atoms with Crippen molar-refractivity contribution in [3.05, 3.63) is 17.7 Å². The summed E-state index contributed by atoms with van der Waals surface area (Å²) in [5.74, 6) is 0.909. The Morgan fingerprint density at radius 2 is 2.18 bits per heavy atom. The average molecular weight is 238 g/mol. The maximum atomic E-state index is 10.5. The molecule has 0 aliphatic heterocycles. The van der Waals surface area contributed by atoms with Crippen LogP contribution < -0.4 is 9.47 Å². The van der Waals surface area contributed by atoms with Crippen molar-refractivity contribution in [1.29, 1.82) is 0 Å². The maximum Gasteiger partial charge on any atom is 0.203 e. The minimum Gasteiger partial charge on any atom is -0.504 e. The van der Waals surface area contributed by atoms with Crippen molar-refractivity contribution >= 4 is 6.29 Å². The van der Waals surface area contributed by atoms with Crippen molar-refractivity contribution in [2.45, 2.75) is 26.2 Å². The second kappa shape index (κ2) is 6.13. The van der Waals surface area contributed by atoms with E-state index in [0.717, 1.165) is 11.8 Å². The Labute approximate surface area is 101 Å². The standard InChI is InChI=1S/C13H18O4/c1-4-17-12-8-10(9(2)5-6-14)7-11(15)13(12)16-3/h6-9,15H,4-5H2,1-3H3. The highest BCUT2D eigenvalue weighted by atomic mass is 16.5. The van der Waals surface area contributed by atoms with Crippen LogP contribution in [-0.4, -0.2) is 25.1 Å². The van der Waals surface area contributed by atoms with Crippen LogP contribution in [0, 0.1) is 0 Å². The lowest BCUT2D eigenvalue weighted by atomic mass is 9.97. The molecule has 0 amide bonds. The van der Waals surface area contributed by atoms with Crippen molar-refractivity contribution < 1.29 is 19.4 Å². The third-order valence-corrected chi connectivity index (χ3v) is 2.58. The topological polar surface area (TPSA) is 55.8 Å². The minimum absolute atomic E-state index is 0.0335. The van der Waals surface area contributed by atoms with E-state index >= 15 is 0 Å². The molecule has 94 valence electrons. The molecule has 0 spiro atoms. The Bertz CT molecular complexity index is 387. The van der Waals surface area contributed by atoms with Gasteiger partial charge in [0.25, 0.3) is 0 Å². The normalized spacial score (nSPS) is 11.9. The average Bonchev–Trinajstić information content (AvgIpc) is 2.29. The number of phenols is 1. The molecule has 1 N–H and O–H groups in total. The molecule has 4 nitrogen and oxygen atoms in total. The number of rotatable bonds is 6. The second-order valence-electron chi connectivity index (χ2n) is 3.81. The molecule has 0 bridgehead atoms. The van der Waals surface area contributed by atoms with Gasteiger partial charge < -0.3 is 19.4 Å². The van der Waals surface area contributed by atoms with Crippen molar-refractivity contribution in [1.82, 2.24) is 0 Å². The van der Waals surface area contributed by atoms with E-state index in [2.05, 4.69) is 0 Å². The predicted molar refractivity (Wildman–Crippen MR) is 64.9 cm³/mol. The van der Waals surface area contributed by atoms with Crippen LogP contribution in [0.2, 0.25) is 0 Å². The van der Waals surface area contributed by atoms with Crippen LogP contribution in [0.25, 0.3) is 0 Å². The van der Waals surface area contributed by atoms with Gasteiger partial charge in [0.1, 0.15) is 6.29 Å². The van der Waals surface area contributed by atoms with Gasteiger partial charge in [0.2, 0.25) is 5.75 Å². The van der Waals surface area contributed by atoms with Gasteiger partial charge in [-0.25, -0.2) is 0 Å². The van der Waals surface area contributed by atoms with Gasteiger partial charge in [-0.3, -0.25) is 0 Å². The molecule has 0 heterocycles. The number of methoxy groups -OCH3 is 1. The zero-order valence-corrected chi connectivity index (χ0v) is 10.4. The molecule has 0 aliphatic carbocycles. The van der Waals surface area contributed by atoms with Crippen molar-refractivity contribution in [2.75, 3.05) is 13.7 Å². The Kier molecular flexibility index (Phi) is 4.82. The van der Waals surface area contributed by atoms with Crippen molar-refractivity contribution in [3.8, 4) is 17.2 Å². The predicted octanol–water partition coefficient (Wildman–Crippen LogP) is 2.49. The molecule has 1 aromatic rings. The van der Waals surface area contributed by atoms with Crippen LogP contribution in [0.3, 0.4) is 0 Å². The van der Waals surface area contributed by atoms with Crippen LogP contribution in [0.1, 0.15) is 31.7 Å². The molecule has 0 saturated carbocycles. The van der Waals surface area contributed by atoms with Gasteiger partial charge >= 0.3 is 0 Å². The van der Waals surface area contributed by atoms with Crippen LogP contribution in [0.5, 0.6) is 17.2 Å². The first kappa shape index (κ1) is 13.4. The fraction of sp³-hybridized carbons (Fsp3) is 0.462. The fourth-order valence-electron chi connectivity index (χ4n) is 1.64. The number of hydrogen-bond acceptors (Lipinski definition) is 4. The number of aldehydes is 1. The van der Waals surface area contributed by atoms with Gasteiger partial charge in [-0.15, -0.1) is 0 Å². The fourth-order valence-corrected chi connectivity index (χ4v) is 1.64. The van der Waals surface area contributed by atoms with E-state index in [1.54, 1.807) is 12.1 Å². The molecular formula is C13H18O4. The summed E-state index contributed by atoms with van der Waals surface area (Å²) in [4.78, 5) is 10.5. The molecule has 0 saturated heterocycles. The molecule has 1 aromatic carbocycles. The quantitative estimate of drug-likeness (QED) is 0.773. The number of benzene rings is 1. The largest absolute Gasteiger partial charge is 0.504 e.